The van der Waals surface area contributed by atoms with Crippen LogP contribution in [0.3, 0.4) is 0 Å². The van der Waals surface area contributed by atoms with Gasteiger partial charge in [-0.15, -0.1) is 11.3 Å². The molecular weight excluding hydrogens is 268 g/mol. The van der Waals surface area contributed by atoms with Gasteiger partial charge in [0.15, 0.2) is 0 Å². The van der Waals surface area contributed by atoms with E-state index >= 15 is 0 Å². The van der Waals surface area contributed by atoms with Crippen molar-refractivity contribution in [2.24, 2.45) is 17.1 Å². The van der Waals surface area contributed by atoms with Crippen LogP contribution in [0.25, 0.3) is 0 Å². The fourth-order valence-corrected chi connectivity index (χ4v) is 4.51. The maximum absolute atomic E-state index is 12.6. The smallest absolute Gasteiger partial charge is 0.263 e. The number of thiophene rings is 1. The molecule has 2 unspecified atom stereocenters. The summed E-state index contributed by atoms with van der Waals surface area (Å²) in [5, 5.41) is 0. The molecule has 2 heterocycles. The summed E-state index contributed by atoms with van der Waals surface area (Å²) in [6.07, 6.45) is 4.57. The minimum Gasteiger partial charge on any atom is -0.337 e. The number of nitrogens with zero attached hydrogens (tertiary/aromatic N) is 1. The third kappa shape index (κ3) is 2.51. The third-order valence-electron chi connectivity index (χ3n) is 4.88. The van der Waals surface area contributed by atoms with E-state index in [1.807, 2.05) is 4.90 Å². The first-order valence-corrected chi connectivity index (χ1v) is 8.43. The molecule has 1 aliphatic heterocycles. The molecule has 1 aliphatic carbocycles. The molecule has 2 N–H and O–H groups in total. The Morgan fingerprint density at radius 1 is 1.60 bits per heavy atom. The summed E-state index contributed by atoms with van der Waals surface area (Å²) in [6, 6.07) is 2.15. The number of likely N-dealkylation sites (tertiary alicyclic amines) is 1. The van der Waals surface area contributed by atoms with E-state index in [0.717, 1.165) is 43.1 Å². The van der Waals surface area contributed by atoms with E-state index in [1.54, 1.807) is 11.3 Å². The summed E-state index contributed by atoms with van der Waals surface area (Å²) >= 11 is 1.72. The Morgan fingerprint density at radius 3 is 3.10 bits per heavy atom. The highest BCUT2D eigenvalue weighted by atomic mass is 32.1. The Kier molecular flexibility index (Phi) is 3.63. The summed E-state index contributed by atoms with van der Waals surface area (Å²) in [7, 11) is 0. The standard InChI is InChI=1S/C16H24N2OS/c1-11-3-4-13-12(7-11)8-14(20-13)15(19)18-6-5-16(2,9-17)10-18/h8,11H,3-7,9-10,17H2,1-2H3. The normalized spacial score (nSPS) is 29.6. The number of hydrogen-bond donors (Lipinski definition) is 1. The van der Waals surface area contributed by atoms with Gasteiger partial charge in [0.1, 0.15) is 0 Å². The lowest BCUT2D eigenvalue weighted by Crippen LogP contribution is -2.34. The number of aryl methyl sites for hydroxylation is 1. The summed E-state index contributed by atoms with van der Waals surface area (Å²) in [5.74, 6) is 0.974. The van der Waals surface area contributed by atoms with Crippen molar-refractivity contribution in [2.75, 3.05) is 19.6 Å². The average Bonchev–Trinajstić information content (AvgIpc) is 3.02. The van der Waals surface area contributed by atoms with Gasteiger partial charge in [0, 0.05) is 18.0 Å². The monoisotopic (exact) mass is 292 g/mol. The van der Waals surface area contributed by atoms with Gasteiger partial charge in [-0.05, 0) is 55.2 Å². The fraction of sp³-hybridized carbons (Fsp3) is 0.688. The van der Waals surface area contributed by atoms with Crippen molar-refractivity contribution in [3.05, 3.63) is 21.4 Å². The first kappa shape index (κ1) is 14.1. The van der Waals surface area contributed by atoms with Crippen molar-refractivity contribution in [3.63, 3.8) is 0 Å². The molecule has 3 rings (SSSR count). The number of fused-ring (bicyclic) bond motifs is 1. The van der Waals surface area contributed by atoms with Crippen molar-refractivity contribution >= 4 is 17.2 Å². The summed E-state index contributed by atoms with van der Waals surface area (Å²) in [6.45, 7) is 6.80. The van der Waals surface area contributed by atoms with Crippen LogP contribution in [-0.4, -0.2) is 30.4 Å². The van der Waals surface area contributed by atoms with Crippen LogP contribution in [0.15, 0.2) is 6.07 Å². The van der Waals surface area contributed by atoms with E-state index < -0.39 is 0 Å². The third-order valence-corrected chi connectivity index (χ3v) is 6.10. The number of rotatable bonds is 2. The molecule has 0 spiro atoms. The van der Waals surface area contributed by atoms with Gasteiger partial charge in [-0.2, -0.15) is 0 Å². The van der Waals surface area contributed by atoms with E-state index in [2.05, 4.69) is 19.9 Å². The highest BCUT2D eigenvalue weighted by Crippen LogP contribution is 2.35. The lowest BCUT2D eigenvalue weighted by Gasteiger charge is -2.22. The van der Waals surface area contributed by atoms with Crippen molar-refractivity contribution in [1.82, 2.24) is 4.90 Å². The van der Waals surface area contributed by atoms with Gasteiger partial charge in [-0.1, -0.05) is 13.8 Å². The fourth-order valence-electron chi connectivity index (χ4n) is 3.33. The van der Waals surface area contributed by atoms with Crippen molar-refractivity contribution in [1.29, 1.82) is 0 Å². The molecule has 2 atom stereocenters. The highest BCUT2D eigenvalue weighted by Gasteiger charge is 2.36. The van der Waals surface area contributed by atoms with Gasteiger partial charge in [0.25, 0.3) is 5.91 Å². The van der Waals surface area contributed by atoms with Crippen LogP contribution in [0, 0.1) is 11.3 Å². The molecule has 0 saturated carbocycles. The molecule has 1 aromatic rings. The molecule has 20 heavy (non-hydrogen) atoms. The van der Waals surface area contributed by atoms with Crippen molar-refractivity contribution < 1.29 is 4.79 Å². The second-order valence-electron chi connectivity index (χ2n) is 6.90. The molecular formula is C16H24N2OS. The summed E-state index contributed by atoms with van der Waals surface area (Å²) in [5.41, 5.74) is 7.36. The number of carbonyl (C=O) groups excluding carboxylic acids is 1. The lowest BCUT2D eigenvalue weighted by molar-refractivity contribution is 0.0781. The maximum atomic E-state index is 12.6. The minimum atomic E-state index is 0.112. The molecule has 1 aromatic heterocycles. The van der Waals surface area contributed by atoms with Gasteiger partial charge in [-0.3, -0.25) is 4.79 Å². The molecule has 1 amide bonds. The molecule has 1 fully saturated rings. The van der Waals surface area contributed by atoms with Gasteiger partial charge in [-0.25, -0.2) is 0 Å². The summed E-state index contributed by atoms with van der Waals surface area (Å²) < 4.78 is 0. The van der Waals surface area contributed by atoms with Gasteiger partial charge in [0.05, 0.1) is 4.88 Å². The second-order valence-corrected chi connectivity index (χ2v) is 8.04. The topological polar surface area (TPSA) is 46.3 Å². The Morgan fingerprint density at radius 2 is 2.40 bits per heavy atom. The van der Waals surface area contributed by atoms with Crippen LogP contribution in [-0.2, 0) is 12.8 Å². The van der Waals surface area contributed by atoms with Crippen LogP contribution < -0.4 is 5.73 Å². The lowest BCUT2D eigenvalue weighted by atomic mass is 9.90. The van der Waals surface area contributed by atoms with E-state index in [1.165, 1.54) is 16.9 Å². The minimum absolute atomic E-state index is 0.112. The zero-order valence-electron chi connectivity index (χ0n) is 12.4. The zero-order valence-corrected chi connectivity index (χ0v) is 13.3. The molecule has 110 valence electrons. The second kappa shape index (κ2) is 5.15. The molecule has 3 nitrogen and oxygen atoms in total. The van der Waals surface area contributed by atoms with Gasteiger partial charge in [0.2, 0.25) is 0 Å². The summed E-state index contributed by atoms with van der Waals surface area (Å²) in [4.78, 5) is 17.0. The molecule has 0 bridgehead atoms. The van der Waals surface area contributed by atoms with Crippen molar-refractivity contribution in [3.8, 4) is 0 Å². The largest absolute Gasteiger partial charge is 0.337 e. The maximum Gasteiger partial charge on any atom is 0.263 e. The van der Waals surface area contributed by atoms with Gasteiger partial charge >= 0.3 is 0 Å². The first-order chi connectivity index (χ1) is 9.50. The Hall–Kier alpha value is -0.870. The molecule has 1 saturated heterocycles. The van der Waals surface area contributed by atoms with Gasteiger partial charge < -0.3 is 10.6 Å². The number of amides is 1. The van der Waals surface area contributed by atoms with E-state index in [0.29, 0.717) is 6.54 Å². The predicted octanol–water partition coefficient (Wildman–Crippen LogP) is 2.68. The molecule has 2 aliphatic rings. The van der Waals surface area contributed by atoms with Crippen LogP contribution in [0.5, 0.6) is 0 Å². The van der Waals surface area contributed by atoms with Crippen LogP contribution in [0.1, 0.15) is 46.8 Å². The SMILES string of the molecule is CC1CCc2sc(C(=O)N3CCC(C)(CN)C3)cc2C1. The van der Waals surface area contributed by atoms with E-state index in [9.17, 15) is 4.79 Å². The number of hydrogen-bond acceptors (Lipinski definition) is 3. The Balaban J connectivity index is 1.75. The number of carbonyl (C=O) groups is 1. The first-order valence-electron chi connectivity index (χ1n) is 7.62. The average molecular weight is 292 g/mol. The van der Waals surface area contributed by atoms with E-state index in [4.69, 9.17) is 5.73 Å². The Labute approximate surface area is 125 Å². The Bertz CT molecular complexity index is 525. The predicted molar refractivity (Wildman–Crippen MR) is 83.2 cm³/mol. The van der Waals surface area contributed by atoms with Crippen LogP contribution in [0.4, 0.5) is 0 Å². The highest BCUT2D eigenvalue weighted by molar-refractivity contribution is 7.14. The number of nitrogens with two attached hydrogens (primary N) is 1. The quantitative estimate of drug-likeness (QED) is 0.911. The van der Waals surface area contributed by atoms with Crippen LogP contribution >= 0.6 is 11.3 Å². The molecule has 0 radical (unpaired) electrons. The molecule has 0 aromatic carbocycles. The zero-order chi connectivity index (χ0) is 14.3. The van der Waals surface area contributed by atoms with Crippen LogP contribution in [0.2, 0.25) is 0 Å². The van der Waals surface area contributed by atoms with E-state index in [-0.39, 0.29) is 11.3 Å². The molecule has 4 heteroatoms. The van der Waals surface area contributed by atoms with Crippen molar-refractivity contribution in [2.45, 2.75) is 39.5 Å².